The fraction of sp³-hybridized carbons (Fsp3) is 0.278. The summed E-state index contributed by atoms with van der Waals surface area (Å²) in [6.07, 6.45) is 0.462. The summed E-state index contributed by atoms with van der Waals surface area (Å²) >= 11 is 0. The molecule has 0 amide bonds. The second-order valence-corrected chi connectivity index (χ2v) is 7.79. The maximum absolute atomic E-state index is 12.4. The Morgan fingerprint density at radius 1 is 1.12 bits per heavy atom. The second-order valence-electron chi connectivity index (χ2n) is 5.61. The molecule has 0 aliphatic rings. The van der Waals surface area contributed by atoms with Crippen molar-refractivity contribution in [3.63, 3.8) is 0 Å². The van der Waals surface area contributed by atoms with Gasteiger partial charge in [-0.25, -0.2) is 8.42 Å². The van der Waals surface area contributed by atoms with Gasteiger partial charge in [-0.15, -0.1) is 0 Å². The highest BCUT2D eigenvalue weighted by atomic mass is 32.2. The predicted molar refractivity (Wildman–Crippen MR) is 96.8 cm³/mol. The highest BCUT2D eigenvalue weighted by Gasteiger charge is 2.14. The van der Waals surface area contributed by atoms with E-state index in [1.807, 2.05) is 30.3 Å². The number of carboxylic acids is 1. The Morgan fingerprint density at radius 3 is 2.48 bits per heavy atom. The molecule has 0 radical (unpaired) electrons. The molecule has 0 aromatic heterocycles. The first-order chi connectivity index (χ1) is 11.9. The van der Waals surface area contributed by atoms with Gasteiger partial charge in [-0.3, -0.25) is 4.79 Å². The van der Waals surface area contributed by atoms with Crippen LogP contribution in [-0.2, 0) is 26.8 Å². The number of ether oxygens (including phenoxy) is 1. The van der Waals surface area contributed by atoms with Crippen LogP contribution in [0.1, 0.15) is 11.1 Å². The lowest BCUT2D eigenvalue weighted by atomic mass is 10.2. The maximum Gasteiger partial charge on any atom is 0.322 e. The molecule has 0 aliphatic carbocycles. The molecular weight excluding hydrogens is 342 g/mol. The zero-order chi connectivity index (χ0) is 18.3. The van der Waals surface area contributed by atoms with Gasteiger partial charge < -0.3 is 15.2 Å². The Bertz CT molecular complexity index is 819. The number of rotatable bonds is 9. The molecule has 0 heterocycles. The van der Waals surface area contributed by atoms with E-state index in [0.717, 1.165) is 5.56 Å². The first-order valence-corrected chi connectivity index (χ1v) is 9.59. The molecule has 0 atom stereocenters. The summed E-state index contributed by atoms with van der Waals surface area (Å²) in [5.41, 5.74) is 2.02. The number of methoxy groups -OCH3 is 1. The lowest BCUT2D eigenvalue weighted by Crippen LogP contribution is -2.14. The van der Waals surface area contributed by atoms with E-state index in [4.69, 9.17) is 9.84 Å². The molecule has 2 aromatic rings. The maximum atomic E-state index is 12.4. The summed E-state index contributed by atoms with van der Waals surface area (Å²) < 4.78 is 29.9. The molecule has 0 bridgehead atoms. The molecule has 134 valence electrons. The molecule has 0 aliphatic heterocycles. The van der Waals surface area contributed by atoms with Crippen molar-refractivity contribution in [1.29, 1.82) is 0 Å². The number of carbonyl (C=O) groups is 1. The predicted octanol–water partition coefficient (Wildman–Crippen LogP) is 2.35. The van der Waals surface area contributed by atoms with Gasteiger partial charge in [0.1, 0.15) is 12.3 Å². The highest BCUT2D eigenvalue weighted by Crippen LogP contribution is 2.26. The number of sulfone groups is 1. The first-order valence-electron chi connectivity index (χ1n) is 7.76. The van der Waals surface area contributed by atoms with Crippen LogP contribution in [0.25, 0.3) is 0 Å². The number of hydrogen-bond donors (Lipinski definition) is 2. The zero-order valence-corrected chi connectivity index (χ0v) is 14.8. The zero-order valence-electron chi connectivity index (χ0n) is 13.9. The minimum atomic E-state index is -3.29. The number of hydrogen-bond acceptors (Lipinski definition) is 5. The number of carboxylic acid groups (broad SMARTS) is 1. The minimum Gasteiger partial charge on any atom is -0.495 e. The number of aryl methyl sites for hydroxylation is 1. The van der Waals surface area contributed by atoms with Gasteiger partial charge in [-0.1, -0.05) is 36.4 Å². The van der Waals surface area contributed by atoms with Crippen LogP contribution in [0.15, 0.2) is 48.5 Å². The molecule has 0 saturated carbocycles. The van der Waals surface area contributed by atoms with Crippen LogP contribution >= 0.6 is 0 Å². The van der Waals surface area contributed by atoms with Crippen molar-refractivity contribution in [1.82, 2.24) is 0 Å². The van der Waals surface area contributed by atoms with Gasteiger partial charge in [0.25, 0.3) is 0 Å². The fourth-order valence-electron chi connectivity index (χ4n) is 2.40. The molecule has 0 fully saturated rings. The van der Waals surface area contributed by atoms with Gasteiger partial charge >= 0.3 is 5.97 Å². The SMILES string of the molecule is COc1ccc(CS(=O)(=O)CCc2ccccc2)cc1NCC(=O)O. The molecule has 0 saturated heterocycles. The van der Waals surface area contributed by atoms with Crippen LogP contribution in [0.2, 0.25) is 0 Å². The van der Waals surface area contributed by atoms with Crippen LogP contribution in [0.3, 0.4) is 0 Å². The van der Waals surface area contributed by atoms with Crippen molar-refractivity contribution in [2.75, 3.05) is 24.7 Å². The van der Waals surface area contributed by atoms with Crippen LogP contribution in [0, 0.1) is 0 Å². The van der Waals surface area contributed by atoms with Gasteiger partial charge in [0.15, 0.2) is 9.84 Å². The van der Waals surface area contributed by atoms with Crippen LogP contribution < -0.4 is 10.1 Å². The highest BCUT2D eigenvalue weighted by molar-refractivity contribution is 7.90. The number of nitrogens with one attached hydrogen (secondary N) is 1. The Hall–Kier alpha value is -2.54. The van der Waals surface area contributed by atoms with Crippen molar-refractivity contribution < 1.29 is 23.1 Å². The van der Waals surface area contributed by atoms with E-state index in [1.165, 1.54) is 7.11 Å². The summed E-state index contributed by atoms with van der Waals surface area (Å²) in [6, 6.07) is 14.4. The van der Waals surface area contributed by atoms with Gasteiger partial charge in [0.2, 0.25) is 0 Å². The largest absolute Gasteiger partial charge is 0.495 e. The molecule has 0 spiro atoms. The molecule has 0 unspecified atom stereocenters. The monoisotopic (exact) mass is 363 g/mol. The standard InChI is InChI=1S/C18H21NO5S/c1-24-17-8-7-15(11-16(17)19-12-18(20)21)13-25(22,23)10-9-14-5-3-2-4-6-14/h2-8,11,19H,9-10,12-13H2,1H3,(H,20,21). The summed E-state index contributed by atoms with van der Waals surface area (Å²) in [7, 11) is -1.82. The molecule has 6 nitrogen and oxygen atoms in total. The molecule has 2 N–H and O–H groups in total. The minimum absolute atomic E-state index is 0.0565. The average Bonchev–Trinajstić information content (AvgIpc) is 2.59. The Kier molecular flexibility index (Phi) is 6.41. The Balaban J connectivity index is 2.07. The van der Waals surface area contributed by atoms with E-state index < -0.39 is 15.8 Å². The summed E-state index contributed by atoms with van der Waals surface area (Å²) in [4.78, 5) is 10.7. The van der Waals surface area contributed by atoms with E-state index in [-0.39, 0.29) is 18.1 Å². The third-order valence-corrected chi connectivity index (χ3v) is 5.22. The topological polar surface area (TPSA) is 92.7 Å². The van der Waals surface area contributed by atoms with E-state index >= 15 is 0 Å². The number of anilines is 1. The van der Waals surface area contributed by atoms with Crippen LogP contribution in [0.4, 0.5) is 5.69 Å². The fourth-order valence-corrected chi connectivity index (χ4v) is 3.78. The average molecular weight is 363 g/mol. The van der Waals surface area contributed by atoms with Gasteiger partial charge in [-0.05, 0) is 29.7 Å². The van der Waals surface area contributed by atoms with Crippen LogP contribution in [0.5, 0.6) is 5.75 Å². The van der Waals surface area contributed by atoms with Gasteiger partial charge in [0, 0.05) is 0 Å². The molecule has 25 heavy (non-hydrogen) atoms. The first kappa shape index (κ1) is 18.8. The lowest BCUT2D eigenvalue weighted by molar-refractivity contribution is -0.134. The summed E-state index contributed by atoms with van der Waals surface area (Å²) in [5.74, 6) is -0.596. The molecular formula is C18H21NO5S. The van der Waals surface area contributed by atoms with E-state index in [0.29, 0.717) is 23.4 Å². The second kappa shape index (κ2) is 8.53. The number of aliphatic carboxylic acids is 1. The summed E-state index contributed by atoms with van der Waals surface area (Å²) in [5, 5.41) is 11.5. The van der Waals surface area contributed by atoms with E-state index in [1.54, 1.807) is 18.2 Å². The quantitative estimate of drug-likeness (QED) is 0.710. The lowest BCUT2D eigenvalue weighted by Gasteiger charge is -2.12. The van der Waals surface area contributed by atoms with Crippen molar-refractivity contribution in [3.8, 4) is 5.75 Å². The number of benzene rings is 2. The Labute approximate surface area is 147 Å². The van der Waals surface area contributed by atoms with Crippen molar-refractivity contribution in [2.24, 2.45) is 0 Å². The van der Waals surface area contributed by atoms with Crippen LogP contribution in [-0.4, -0.2) is 38.9 Å². The normalized spacial score (nSPS) is 11.1. The summed E-state index contributed by atoms with van der Waals surface area (Å²) in [6.45, 7) is -0.277. The third kappa shape index (κ3) is 6.11. The third-order valence-electron chi connectivity index (χ3n) is 3.63. The Morgan fingerprint density at radius 2 is 1.84 bits per heavy atom. The molecule has 2 aromatic carbocycles. The van der Waals surface area contributed by atoms with Gasteiger partial charge in [0.05, 0.1) is 24.3 Å². The molecule has 7 heteroatoms. The van der Waals surface area contributed by atoms with E-state index in [2.05, 4.69) is 5.32 Å². The van der Waals surface area contributed by atoms with E-state index in [9.17, 15) is 13.2 Å². The smallest absolute Gasteiger partial charge is 0.322 e. The van der Waals surface area contributed by atoms with Crippen molar-refractivity contribution in [2.45, 2.75) is 12.2 Å². The van der Waals surface area contributed by atoms with Gasteiger partial charge in [-0.2, -0.15) is 0 Å². The van der Waals surface area contributed by atoms with Crippen molar-refractivity contribution in [3.05, 3.63) is 59.7 Å². The molecule has 2 rings (SSSR count). The van der Waals surface area contributed by atoms with Crippen molar-refractivity contribution >= 4 is 21.5 Å².